The van der Waals surface area contributed by atoms with Crippen LogP contribution < -0.4 is 34.7 Å². The van der Waals surface area contributed by atoms with Crippen molar-refractivity contribution in [2.24, 2.45) is 0 Å². The molecular formula is C21H30NNaO6. The van der Waals surface area contributed by atoms with Crippen LogP contribution in [0.4, 0.5) is 0 Å². The molecule has 156 valence electrons. The van der Waals surface area contributed by atoms with E-state index in [1.165, 1.54) is 6.08 Å². The molecule has 7 nitrogen and oxygen atoms in total. The maximum atomic E-state index is 12.6. The minimum atomic E-state index is -1.58. The summed E-state index contributed by atoms with van der Waals surface area (Å²) in [6.45, 7) is 7.22. The van der Waals surface area contributed by atoms with Crippen LogP contribution in [0.3, 0.4) is 0 Å². The van der Waals surface area contributed by atoms with Crippen LogP contribution in [-0.2, 0) is 23.9 Å². The first-order valence-electron chi connectivity index (χ1n) is 9.51. The van der Waals surface area contributed by atoms with E-state index >= 15 is 0 Å². The average molecular weight is 415 g/mol. The Morgan fingerprint density at radius 2 is 1.45 bits per heavy atom. The predicted octanol–water partition coefficient (Wildman–Crippen LogP) is -0.924. The molecule has 0 saturated heterocycles. The van der Waals surface area contributed by atoms with Gasteiger partial charge < -0.3 is 14.6 Å². The van der Waals surface area contributed by atoms with Crippen molar-refractivity contribution < 1.29 is 58.6 Å². The third kappa shape index (κ3) is 13.2. The second-order valence-corrected chi connectivity index (χ2v) is 6.10. The molecule has 1 atom stereocenters. The molecule has 0 aromatic carbocycles. The number of nitrogens with zero attached hydrogens (tertiary/aromatic N) is 1. The maximum Gasteiger partial charge on any atom is 1.00 e. The number of rotatable bonds is 14. The number of amides is 2. The summed E-state index contributed by atoms with van der Waals surface area (Å²) in [6, 6.07) is -1.58. The van der Waals surface area contributed by atoms with E-state index in [4.69, 9.17) is 4.74 Å². The monoisotopic (exact) mass is 415 g/mol. The zero-order valence-electron chi connectivity index (χ0n) is 17.7. The molecule has 8 heteroatoms. The predicted molar refractivity (Wildman–Crippen MR) is 104 cm³/mol. The Hall–Kier alpha value is -1.70. The van der Waals surface area contributed by atoms with Crippen LogP contribution >= 0.6 is 0 Å². The summed E-state index contributed by atoms with van der Waals surface area (Å²) in [4.78, 5) is 49.4. The molecule has 0 N–H and O–H groups in total. The number of carboxylic acid groups (broad SMARTS) is 1. The van der Waals surface area contributed by atoms with Crippen molar-refractivity contribution in [3.05, 3.63) is 37.0 Å². The Balaban J connectivity index is 0. The first kappa shape index (κ1) is 29.5. The summed E-state index contributed by atoms with van der Waals surface area (Å²) in [5, 5.41) is 11.1. The van der Waals surface area contributed by atoms with Gasteiger partial charge in [-0.1, -0.05) is 63.6 Å². The molecule has 0 radical (unpaired) electrons. The molecule has 0 rings (SSSR count). The number of ether oxygens (including phenoxy) is 1. The van der Waals surface area contributed by atoms with E-state index in [1.54, 1.807) is 24.3 Å². The summed E-state index contributed by atoms with van der Waals surface area (Å²) >= 11 is 0. The SMILES string of the molecule is C=CCOC(=O)C(CC(=O)[O-])N(C(=O)C/C=C/CCC)C(=O)C/C=C/CCC.[Na+]. The van der Waals surface area contributed by atoms with Crippen LogP contribution in [0.25, 0.3) is 0 Å². The molecule has 0 aromatic rings. The molecular weight excluding hydrogens is 385 g/mol. The number of unbranched alkanes of at least 4 members (excludes halogenated alkanes) is 2. The first-order valence-corrected chi connectivity index (χ1v) is 9.51. The summed E-state index contributed by atoms with van der Waals surface area (Å²) in [7, 11) is 0. The van der Waals surface area contributed by atoms with E-state index in [1.807, 2.05) is 13.8 Å². The fourth-order valence-electron chi connectivity index (χ4n) is 2.30. The molecule has 1 unspecified atom stereocenters. The topological polar surface area (TPSA) is 104 Å². The van der Waals surface area contributed by atoms with Crippen molar-refractivity contribution in [3.63, 3.8) is 0 Å². The Morgan fingerprint density at radius 1 is 0.966 bits per heavy atom. The number of imide groups is 1. The molecule has 0 saturated carbocycles. The van der Waals surface area contributed by atoms with E-state index in [2.05, 4.69) is 6.58 Å². The molecule has 2 amide bonds. The standard InChI is InChI=1S/C21H31NO6.Na/c1-4-7-9-11-13-18(23)22(19(24)14-12-10-8-5-2)17(16-20(25)26)21(27)28-15-6-3;/h6,9-12,17H,3-5,7-8,13-16H2,1-2H3,(H,25,26);/q;+1/p-1/b11-9+,12-10+;. The number of aliphatic carboxylic acids is 1. The first-order chi connectivity index (χ1) is 13.4. The molecule has 0 aromatic heterocycles. The van der Waals surface area contributed by atoms with Gasteiger partial charge in [-0.15, -0.1) is 0 Å². The van der Waals surface area contributed by atoms with E-state index < -0.39 is 36.2 Å². The van der Waals surface area contributed by atoms with Gasteiger partial charge in [0.25, 0.3) is 0 Å². The molecule has 0 aliphatic rings. The third-order valence-corrected chi connectivity index (χ3v) is 3.65. The number of hydrogen-bond acceptors (Lipinski definition) is 6. The summed E-state index contributed by atoms with van der Waals surface area (Å²) in [6.07, 6.45) is 10.4. The maximum absolute atomic E-state index is 12.6. The molecule has 0 heterocycles. The largest absolute Gasteiger partial charge is 1.00 e. The van der Waals surface area contributed by atoms with Crippen LogP contribution in [0.1, 0.15) is 58.8 Å². The molecule has 0 aliphatic carbocycles. The van der Waals surface area contributed by atoms with E-state index in [-0.39, 0.29) is 49.0 Å². The van der Waals surface area contributed by atoms with Gasteiger partial charge in [-0.3, -0.25) is 14.5 Å². The normalized spacial score (nSPS) is 11.7. The van der Waals surface area contributed by atoms with Gasteiger partial charge in [0.2, 0.25) is 11.8 Å². The Labute approximate surface area is 195 Å². The van der Waals surface area contributed by atoms with Gasteiger partial charge in [-0.2, -0.15) is 0 Å². The van der Waals surface area contributed by atoms with Crippen LogP contribution in [0.2, 0.25) is 0 Å². The Kier molecular flexibility index (Phi) is 18.7. The van der Waals surface area contributed by atoms with Crippen molar-refractivity contribution in [1.82, 2.24) is 4.90 Å². The van der Waals surface area contributed by atoms with Gasteiger partial charge >= 0.3 is 35.5 Å². The van der Waals surface area contributed by atoms with E-state index in [0.717, 1.165) is 25.7 Å². The van der Waals surface area contributed by atoms with Gasteiger partial charge in [0, 0.05) is 25.2 Å². The molecule has 0 spiro atoms. The van der Waals surface area contributed by atoms with Crippen molar-refractivity contribution in [1.29, 1.82) is 0 Å². The van der Waals surface area contributed by atoms with Gasteiger partial charge in [0.1, 0.15) is 12.6 Å². The fourth-order valence-corrected chi connectivity index (χ4v) is 2.30. The van der Waals surface area contributed by atoms with Crippen molar-refractivity contribution in [3.8, 4) is 0 Å². The molecule has 29 heavy (non-hydrogen) atoms. The fraction of sp³-hybridized carbons (Fsp3) is 0.524. The molecule has 0 fully saturated rings. The number of carbonyl (C=O) groups is 4. The third-order valence-electron chi connectivity index (χ3n) is 3.65. The minimum absolute atomic E-state index is 0. The van der Waals surface area contributed by atoms with Gasteiger partial charge in [0.05, 0.1) is 0 Å². The van der Waals surface area contributed by atoms with Crippen LogP contribution in [0.15, 0.2) is 37.0 Å². The van der Waals surface area contributed by atoms with Crippen molar-refractivity contribution >= 4 is 23.8 Å². The van der Waals surface area contributed by atoms with Crippen LogP contribution in [0, 0.1) is 0 Å². The van der Waals surface area contributed by atoms with Crippen LogP contribution in [-0.4, -0.2) is 41.3 Å². The number of carboxylic acids is 1. The second kappa shape index (κ2) is 18.3. The van der Waals surface area contributed by atoms with E-state index in [9.17, 15) is 24.3 Å². The second-order valence-electron chi connectivity index (χ2n) is 6.10. The van der Waals surface area contributed by atoms with Gasteiger partial charge in [-0.25, -0.2) is 4.79 Å². The number of hydrogen-bond donors (Lipinski definition) is 0. The number of allylic oxidation sites excluding steroid dienone is 2. The average Bonchev–Trinajstić information content (AvgIpc) is 2.65. The van der Waals surface area contributed by atoms with Crippen molar-refractivity contribution in [2.45, 2.75) is 64.8 Å². The van der Waals surface area contributed by atoms with E-state index in [0.29, 0.717) is 4.90 Å². The molecule has 0 aliphatic heterocycles. The number of esters is 1. The minimum Gasteiger partial charge on any atom is -0.550 e. The quantitative estimate of drug-likeness (QED) is 0.206. The Bertz CT molecular complexity index is 570. The molecule has 0 bridgehead atoms. The Morgan fingerprint density at radius 3 is 1.83 bits per heavy atom. The summed E-state index contributed by atoms with van der Waals surface area (Å²) < 4.78 is 4.89. The van der Waals surface area contributed by atoms with Crippen LogP contribution in [0.5, 0.6) is 0 Å². The number of carbonyl (C=O) groups excluding carboxylic acids is 4. The smallest absolute Gasteiger partial charge is 0.550 e. The zero-order chi connectivity index (χ0) is 21.4. The van der Waals surface area contributed by atoms with Crippen molar-refractivity contribution in [2.75, 3.05) is 6.61 Å². The van der Waals surface area contributed by atoms with Gasteiger partial charge in [0.15, 0.2) is 0 Å². The van der Waals surface area contributed by atoms with Gasteiger partial charge in [-0.05, 0) is 12.8 Å². The zero-order valence-corrected chi connectivity index (χ0v) is 19.7. The summed E-state index contributed by atoms with van der Waals surface area (Å²) in [5.74, 6) is -3.87. The summed E-state index contributed by atoms with van der Waals surface area (Å²) in [5.41, 5.74) is 0.